The Kier molecular flexibility index (Phi) is 7.51. The van der Waals surface area contributed by atoms with Gasteiger partial charge in [-0.2, -0.15) is 0 Å². The average Bonchev–Trinajstić information content (AvgIpc) is 3.65. The molecule has 0 spiro atoms. The second-order valence-electron chi connectivity index (χ2n) is 11.7. The van der Waals surface area contributed by atoms with Gasteiger partial charge in [-0.3, -0.25) is 0 Å². The van der Waals surface area contributed by atoms with Gasteiger partial charge in [-0.15, -0.1) is 10.2 Å². The topological polar surface area (TPSA) is 67.9 Å². The first-order chi connectivity index (χ1) is 23.6. The average molecular weight is 622 g/mol. The molecule has 0 saturated carbocycles. The van der Waals surface area contributed by atoms with E-state index in [1.165, 1.54) is 0 Å². The maximum atomic E-state index is 6.04. The Balaban J connectivity index is 1.21. The van der Waals surface area contributed by atoms with Crippen LogP contribution in [0.4, 0.5) is 17.1 Å². The van der Waals surface area contributed by atoms with Crippen LogP contribution in [0.5, 0.6) is 0 Å². The van der Waals surface area contributed by atoms with Crippen molar-refractivity contribution in [2.24, 2.45) is 0 Å². The summed E-state index contributed by atoms with van der Waals surface area (Å²) >= 11 is 0. The first kappa shape index (κ1) is 29.0. The van der Waals surface area contributed by atoms with Crippen LogP contribution in [0.2, 0.25) is 0 Å². The Labute approximate surface area is 279 Å². The number of hydrogen-bond donors (Lipinski definition) is 0. The van der Waals surface area contributed by atoms with Gasteiger partial charge >= 0.3 is 0 Å². The molecule has 0 bridgehead atoms. The molecule has 6 nitrogen and oxygen atoms in total. The molecule has 8 rings (SSSR count). The summed E-state index contributed by atoms with van der Waals surface area (Å²) in [5.74, 6) is 0.979. The van der Waals surface area contributed by atoms with Crippen LogP contribution in [0, 0.1) is 13.8 Å². The monoisotopic (exact) mass is 621 g/mol. The molecule has 0 aliphatic rings. The van der Waals surface area contributed by atoms with Crippen LogP contribution in [0.3, 0.4) is 0 Å². The van der Waals surface area contributed by atoms with Gasteiger partial charge < -0.3 is 9.32 Å². The van der Waals surface area contributed by atoms with Crippen molar-refractivity contribution in [3.8, 4) is 45.4 Å². The van der Waals surface area contributed by atoms with Crippen LogP contribution in [-0.2, 0) is 0 Å². The summed E-state index contributed by atoms with van der Waals surface area (Å²) in [5, 5.41) is 8.60. The molecule has 0 atom stereocenters. The summed E-state index contributed by atoms with van der Waals surface area (Å²) < 4.78 is 6.04. The molecule has 6 heteroatoms. The Hall–Kier alpha value is -6.40. The van der Waals surface area contributed by atoms with E-state index in [1.54, 1.807) is 0 Å². The van der Waals surface area contributed by atoms with Crippen LogP contribution in [0.1, 0.15) is 11.1 Å². The maximum absolute atomic E-state index is 6.04. The predicted octanol–water partition coefficient (Wildman–Crippen LogP) is 10.8. The third kappa shape index (κ3) is 5.50. The molecule has 0 fully saturated rings. The minimum atomic E-state index is 0.480. The molecule has 2 aromatic heterocycles. The molecule has 0 amide bonds. The normalized spacial score (nSPS) is 11.1. The van der Waals surface area contributed by atoms with Gasteiger partial charge in [0.05, 0.1) is 22.4 Å². The zero-order valence-electron chi connectivity index (χ0n) is 26.6. The van der Waals surface area contributed by atoms with E-state index in [0.29, 0.717) is 11.8 Å². The highest BCUT2D eigenvalue weighted by molar-refractivity contribution is 5.89. The minimum Gasteiger partial charge on any atom is -0.416 e. The first-order valence-corrected chi connectivity index (χ1v) is 15.9. The summed E-state index contributed by atoms with van der Waals surface area (Å²) in [4.78, 5) is 12.6. The van der Waals surface area contributed by atoms with Crippen molar-refractivity contribution in [2.75, 3.05) is 4.90 Å². The van der Waals surface area contributed by atoms with Crippen molar-refractivity contribution in [3.63, 3.8) is 0 Å². The fraction of sp³-hybridized carbons (Fsp3) is 0.0476. The molecule has 2 heterocycles. The van der Waals surface area contributed by atoms with Crippen LogP contribution >= 0.6 is 0 Å². The van der Waals surface area contributed by atoms with Gasteiger partial charge in [-0.05, 0) is 97.8 Å². The fourth-order valence-corrected chi connectivity index (χ4v) is 6.08. The van der Waals surface area contributed by atoms with Gasteiger partial charge in [0.25, 0.3) is 0 Å². The molecule has 6 aromatic carbocycles. The molecule has 0 aliphatic heterocycles. The number of para-hydroxylation sites is 3. The second-order valence-corrected chi connectivity index (χ2v) is 11.7. The third-order valence-electron chi connectivity index (χ3n) is 8.49. The van der Waals surface area contributed by atoms with Crippen molar-refractivity contribution < 1.29 is 4.42 Å². The molecule has 0 saturated heterocycles. The number of hydrogen-bond acceptors (Lipinski definition) is 6. The van der Waals surface area contributed by atoms with Gasteiger partial charge in [0, 0.05) is 39.3 Å². The third-order valence-corrected chi connectivity index (χ3v) is 8.49. The number of nitrogens with zero attached hydrogens (tertiary/aromatic N) is 5. The van der Waals surface area contributed by atoms with E-state index in [0.717, 1.165) is 72.9 Å². The second kappa shape index (κ2) is 12.4. The Morgan fingerprint density at radius 1 is 0.458 bits per heavy atom. The smallest absolute Gasteiger partial charge is 0.248 e. The minimum absolute atomic E-state index is 0.480. The van der Waals surface area contributed by atoms with Crippen LogP contribution in [0.25, 0.3) is 56.5 Å². The van der Waals surface area contributed by atoms with E-state index in [1.807, 2.05) is 91.0 Å². The van der Waals surface area contributed by atoms with E-state index in [2.05, 4.69) is 89.6 Å². The summed E-state index contributed by atoms with van der Waals surface area (Å²) in [6.07, 6.45) is 0. The van der Waals surface area contributed by atoms with E-state index in [-0.39, 0.29) is 0 Å². The van der Waals surface area contributed by atoms with Gasteiger partial charge in [0.1, 0.15) is 0 Å². The van der Waals surface area contributed by atoms with E-state index in [9.17, 15) is 0 Å². The summed E-state index contributed by atoms with van der Waals surface area (Å²) in [5.41, 5.74) is 12.7. The predicted molar refractivity (Wildman–Crippen MR) is 193 cm³/mol. The van der Waals surface area contributed by atoms with Gasteiger partial charge in [-0.1, -0.05) is 78.9 Å². The molecule has 0 radical (unpaired) electrons. The van der Waals surface area contributed by atoms with E-state index in [4.69, 9.17) is 14.4 Å². The number of aryl methyl sites for hydroxylation is 2. The SMILES string of the molecule is Cc1cc(N(c2ccccc2)c2ccc(-c3nnc(-c4ccccc4)o3)cc2)c(C)cc1-c1nc2ccccc2nc1-c1ccccc1. The Bertz CT molecular complexity index is 2350. The summed E-state index contributed by atoms with van der Waals surface area (Å²) in [6, 6.07) is 51.3. The van der Waals surface area contributed by atoms with Crippen molar-refractivity contribution in [1.82, 2.24) is 20.2 Å². The highest BCUT2D eigenvalue weighted by Crippen LogP contribution is 2.41. The molecule has 48 heavy (non-hydrogen) atoms. The van der Waals surface area contributed by atoms with Crippen molar-refractivity contribution in [1.29, 1.82) is 0 Å². The first-order valence-electron chi connectivity index (χ1n) is 15.9. The highest BCUT2D eigenvalue weighted by atomic mass is 16.4. The zero-order chi connectivity index (χ0) is 32.5. The number of aromatic nitrogens is 4. The molecule has 230 valence electrons. The molecule has 0 unspecified atom stereocenters. The number of rotatable bonds is 7. The van der Waals surface area contributed by atoms with E-state index < -0.39 is 0 Å². The van der Waals surface area contributed by atoms with E-state index >= 15 is 0 Å². The lowest BCUT2D eigenvalue weighted by molar-refractivity contribution is 0.584. The lowest BCUT2D eigenvalue weighted by Crippen LogP contribution is -2.12. The maximum Gasteiger partial charge on any atom is 0.248 e. The standard InChI is InChI=1S/C42H31N5O/c1-28-27-38(29(2)26-35(28)40-39(30-14-6-3-7-15-30)43-36-20-12-13-21-37(36)44-40)47(33-18-10-5-11-19-33)34-24-22-32(23-25-34)42-46-45-41(48-42)31-16-8-4-9-17-31/h3-27H,1-2H3. The number of fused-ring (bicyclic) bond motifs is 1. The van der Waals surface area contributed by atoms with Gasteiger partial charge in [0.2, 0.25) is 11.8 Å². The molecular formula is C42H31N5O. The largest absolute Gasteiger partial charge is 0.416 e. The lowest BCUT2D eigenvalue weighted by atomic mass is 9.96. The lowest BCUT2D eigenvalue weighted by Gasteiger charge is -2.28. The molecular weight excluding hydrogens is 590 g/mol. The van der Waals surface area contributed by atoms with Crippen LogP contribution < -0.4 is 4.90 Å². The highest BCUT2D eigenvalue weighted by Gasteiger charge is 2.21. The summed E-state index contributed by atoms with van der Waals surface area (Å²) in [6.45, 7) is 4.30. The van der Waals surface area contributed by atoms with Crippen molar-refractivity contribution in [3.05, 3.63) is 163 Å². The Morgan fingerprint density at radius 2 is 0.958 bits per heavy atom. The van der Waals surface area contributed by atoms with Crippen molar-refractivity contribution >= 4 is 28.1 Å². The van der Waals surface area contributed by atoms with Gasteiger partial charge in [-0.25, -0.2) is 9.97 Å². The van der Waals surface area contributed by atoms with Crippen LogP contribution in [0.15, 0.2) is 156 Å². The Morgan fingerprint density at radius 3 is 1.58 bits per heavy atom. The summed E-state index contributed by atoms with van der Waals surface area (Å²) in [7, 11) is 0. The van der Waals surface area contributed by atoms with Crippen molar-refractivity contribution in [2.45, 2.75) is 13.8 Å². The molecule has 0 N–H and O–H groups in total. The van der Waals surface area contributed by atoms with Gasteiger partial charge in [0.15, 0.2) is 0 Å². The quantitative estimate of drug-likeness (QED) is 0.176. The zero-order valence-corrected chi connectivity index (χ0v) is 26.6. The number of benzene rings is 6. The van der Waals surface area contributed by atoms with Crippen LogP contribution in [-0.4, -0.2) is 20.2 Å². The fourth-order valence-electron chi connectivity index (χ4n) is 6.08. The molecule has 8 aromatic rings. The molecule has 0 aliphatic carbocycles. The number of anilines is 3.